The molecule has 4 heterocycles. The fraction of sp³-hybridized carbons (Fsp3) is 0.650. The quantitative estimate of drug-likeness (QED) is 0.756. The second-order valence-corrected chi connectivity index (χ2v) is 8.90. The average Bonchev–Trinajstić information content (AvgIpc) is 3.13. The van der Waals surface area contributed by atoms with Gasteiger partial charge in [0, 0.05) is 42.2 Å². The number of halogens is 2. The van der Waals surface area contributed by atoms with Gasteiger partial charge >= 0.3 is 0 Å². The van der Waals surface area contributed by atoms with Gasteiger partial charge in [-0.3, -0.25) is 4.90 Å². The third-order valence-corrected chi connectivity index (χ3v) is 7.17. The van der Waals surface area contributed by atoms with Crippen molar-refractivity contribution in [3.63, 3.8) is 0 Å². The number of likely N-dealkylation sites (tertiary alicyclic amines) is 1. The summed E-state index contributed by atoms with van der Waals surface area (Å²) in [4.78, 5) is 8.88. The predicted octanol–water partition coefficient (Wildman–Crippen LogP) is 4.61. The van der Waals surface area contributed by atoms with Gasteiger partial charge in [0.1, 0.15) is 11.4 Å². The van der Waals surface area contributed by atoms with E-state index in [0.29, 0.717) is 18.5 Å². The van der Waals surface area contributed by atoms with Crippen LogP contribution >= 0.6 is 11.3 Å². The van der Waals surface area contributed by atoms with Crippen molar-refractivity contribution in [2.75, 3.05) is 13.2 Å². The minimum Gasteiger partial charge on any atom is -0.446 e. The number of piperidine rings is 1. The molecule has 0 aromatic carbocycles. The summed E-state index contributed by atoms with van der Waals surface area (Å²) in [5.41, 5.74) is 1.89. The number of aryl methyl sites for hydroxylation is 2. The number of aromatic nitrogens is 1. The molecule has 7 heteroatoms. The maximum absolute atomic E-state index is 12.8. The lowest BCUT2D eigenvalue weighted by molar-refractivity contribution is -0.110. The van der Waals surface area contributed by atoms with E-state index in [-0.39, 0.29) is 12.0 Å². The zero-order valence-corrected chi connectivity index (χ0v) is 16.9. The number of thiophene rings is 1. The van der Waals surface area contributed by atoms with Gasteiger partial charge in [0.2, 0.25) is 6.43 Å². The van der Waals surface area contributed by atoms with Crippen LogP contribution in [0.4, 0.5) is 8.78 Å². The molecule has 2 aromatic rings. The first-order valence-electron chi connectivity index (χ1n) is 9.57. The standard InChI is InChI=1S/C20H26F2N2O2S/c1-12-10-20(5-6-24(12)11-17-13(2)26-14(3)23-17)19-15(4-7-25-20)8-16(27-19)9-18(21)22/h8,12,18H,4-7,9-11H2,1-3H3/t12-,20+/m0/s1. The Hall–Kier alpha value is -1.31. The third kappa shape index (κ3) is 3.69. The Balaban J connectivity index is 1.52. The second-order valence-electron chi connectivity index (χ2n) is 7.76. The Bertz CT molecular complexity index is 819. The van der Waals surface area contributed by atoms with Crippen LogP contribution in [0.5, 0.6) is 0 Å². The maximum atomic E-state index is 12.8. The van der Waals surface area contributed by atoms with E-state index in [4.69, 9.17) is 9.15 Å². The van der Waals surface area contributed by atoms with E-state index >= 15 is 0 Å². The molecule has 1 fully saturated rings. The largest absolute Gasteiger partial charge is 0.446 e. The molecule has 0 radical (unpaired) electrons. The first-order valence-corrected chi connectivity index (χ1v) is 10.4. The van der Waals surface area contributed by atoms with Gasteiger partial charge in [-0.05, 0) is 44.7 Å². The van der Waals surface area contributed by atoms with E-state index in [0.717, 1.165) is 48.7 Å². The maximum Gasteiger partial charge on any atom is 0.243 e. The number of oxazole rings is 1. The molecule has 0 N–H and O–H groups in total. The highest BCUT2D eigenvalue weighted by atomic mass is 32.1. The summed E-state index contributed by atoms with van der Waals surface area (Å²) in [6.45, 7) is 8.39. The average molecular weight is 397 g/mol. The normalized spacial score (nSPS) is 26.1. The monoisotopic (exact) mass is 396 g/mol. The lowest BCUT2D eigenvalue weighted by Gasteiger charge is -2.47. The molecule has 2 aliphatic rings. The highest BCUT2D eigenvalue weighted by Crippen LogP contribution is 2.47. The molecular formula is C20H26F2N2O2S. The van der Waals surface area contributed by atoms with Gasteiger partial charge in [-0.25, -0.2) is 13.8 Å². The predicted molar refractivity (Wildman–Crippen MR) is 100 cm³/mol. The smallest absolute Gasteiger partial charge is 0.243 e. The van der Waals surface area contributed by atoms with Crippen LogP contribution in [-0.2, 0) is 29.7 Å². The Labute approximate surface area is 162 Å². The molecule has 1 saturated heterocycles. The van der Waals surface area contributed by atoms with Crippen LogP contribution in [0.3, 0.4) is 0 Å². The molecule has 0 aliphatic carbocycles. The summed E-state index contributed by atoms with van der Waals surface area (Å²) in [5.74, 6) is 1.58. The fourth-order valence-electron chi connectivity index (χ4n) is 4.47. The highest BCUT2D eigenvalue weighted by Gasteiger charge is 2.45. The molecule has 0 bridgehead atoms. The van der Waals surface area contributed by atoms with E-state index in [2.05, 4.69) is 16.8 Å². The molecule has 27 heavy (non-hydrogen) atoms. The van der Waals surface area contributed by atoms with E-state index in [1.807, 2.05) is 19.9 Å². The number of alkyl halides is 2. The number of hydrogen-bond donors (Lipinski definition) is 0. The summed E-state index contributed by atoms with van der Waals surface area (Å²) < 4.78 is 37.5. The molecule has 148 valence electrons. The van der Waals surface area contributed by atoms with Crippen molar-refractivity contribution >= 4 is 11.3 Å². The molecule has 0 saturated carbocycles. The first kappa shape index (κ1) is 19.0. The van der Waals surface area contributed by atoms with Crippen LogP contribution in [0, 0.1) is 13.8 Å². The Morgan fingerprint density at radius 1 is 1.41 bits per heavy atom. The Morgan fingerprint density at radius 3 is 2.89 bits per heavy atom. The van der Waals surface area contributed by atoms with Gasteiger partial charge in [0.15, 0.2) is 5.89 Å². The molecule has 1 spiro atoms. The number of hydrogen-bond acceptors (Lipinski definition) is 5. The van der Waals surface area contributed by atoms with Crippen LogP contribution in [0.15, 0.2) is 10.5 Å². The molecule has 2 aromatic heterocycles. The molecular weight excluding hydrogens is 370 g/mol. The second kappa shape index (κ2) is 7.26. The molecule has 4 rings (SSSR count). The summed E-state index contributed by atoms with van der Waals surface area (Å²) in [7, 11) is 0. The van der Waals surface area contributed by atoms with E-state index in [1.54, 1.807) is 0 Å². The summed E-state index contributed by atoms with van der Waals surface area (Å²) >= 11 is 1.53. The topological polar surface area (TPSA) is 38.5 Å². The van der Waals surface area contributed by atoms with E-state index in [9.17, 15) is 8.78 Å². The first-order chi connectivity index (χ1) is 12.9. The van der Waals surface area contributed by atoms with Crippen molar-refractivity contribution in [3.8, 4) is 0 Å². The van der Waals surface area contributed by atoms with Crippen LogP contribution in [0.1, 0.15) is 52.4 Å². The van der Waals surface area contributed by atoms with Crippen molar-refractivity contribution in [2.45, 2.75) is 71.1 Å². The lowest BCUT2D eigenvalue weighted by atomic mass is 9.82. The minimum atomic E-state index is -2.29. The van der Waals surface area contributed by atoms with Gasteiger partial charge < -0.3 is 9.15 Å². The number of ether oxygens (including phenoxy) is 1. The zero-order chi connectivity index (χ0) is 19.2. The van der Waals surface area contributed by atoms with Gasteiger partial charge in [-0.2, -0.15) is 0 Å². The van der Waals surface area contributed by atoms with Gasteiger partial charge in [0.25, 0.3) is 0 Å². The molecule has 0 unspecified atom stereocenters. The van der Waals surface area contributed by atoms with Gasteiger partial charge in [0.05, 0.1) is 12.3 Å². The van der Waals surface area contributed by atoms with Gasteiger partial charge in [-0.1, -0.05) is 0 Å². The zero-order valence-electron chi connectivity index (χ0n) is 16.1. The highest BCUT2D eigenvalue weighted by molar-refractivity contribution is 7.12. The minimum absolute atomic E-state index is 0.153. The van der Waals surface area contributed by atoms with Crippen LogP contribution in [0.25, 0.3) is 0 Å². The van der Waals surface area contributed by atoms with Crippen molar-refractivity contribution in [1.82, 2.24) is 9.88 Å². The summed E-state index contributed by atoms with van der Waals surface area (Å²) in [6.07, 6.45) is 0.142. The number of rotatable bonds is 4. The van der Waals surface area contributed by atoms with Gasteiger partial charge in [-0.15, -0.1) is 11.3 Å². The van der Waals surface area contributed by atoms with Crippen molar-refractivity contribution < 1.29 is 17.9 Å². The number of nitrogens with zero attached hydrogens (tertiary/aromatic N) is 2. The molecule has 0 amide bonds. The SMILES string of the molecule is Cc1nc(CN2CC[C@]3(C[C@@H]2C)OCCc2cc(CC(F)F)sc23)c(C)o1. The Kier molecular flexibility index (Phi) is 5.12. The number of fused-ring (bicyclic) bond motifs is 2. The van der Waals surface area contributed by atoms with Crippen LogP contribution < -0.4 is 0 Å². The van der Waals surface area contributed by atoms with Crippen molar-refractivity contribution in [3.05, 3.63) is 38.7 Å². The third-order valence-electron chi connectivity index (χ3n) is 5.78. The van der Waals surface area contributed by atoms with E-state index in [1.165, 1.54) is 21.8 Å². The van der Waals surface area contributed by atoms with Crippen LogP contribution in [-0.4, -0.2) is 35.5 Å². The van der Waals surface area contributed by atoms with Crippen molar-refractivity contribution in [1.29, 1.82) is 0 Å². The fourth-order valence-corrected chi connectivity index (χ4v) is 5.86. The molecule has 2 aliphatic heterocycles. The summed E-state index contributed by atoms with van der Waals surface area (Å²) in [5, 5.41) is 0. The lowest BCUT2D eigenvalue weighted by Crippen LogP contribution is -2.50. The van der Waals surface area contributed by atoms with Crippen molar-refractivity contribution in [2.24, 2.45) is 0 Å². The van der Waals surface area contributed by atoms with E-state index < -0.39 is 6.43 Å². The molecule has 2 atom stereocenters. The Morgan fingerprint density at radius 2 is 2.22 bits per heavy atom. The molecule has 4 nitrogen and oxygen atoms in total. The summed E-state index contributed by atoms with van der Waals surface area (Å²) in [6, 6.07) is 2.30. The van der Waals surface area contributed by atoms with Crippen LogP contribution in [0.2, 0.25) is 0 Å².